The van der Waals surface area contributed by atoms with Gasteiger partial charge in [0.15, 0.2) is 0 Å². The second-order valence-electron chi connectivity index (χ2n) is 2.98. The number of hydrogen-bond donors (Lipinski definition) is 1. The van der Waals surface area contributed by atoms with E-state index in [0.29, 0.717) is 5.92 Å². The fraction of sp³-hybridized carbons (Fsp3) is 1.00. The summed E-state index contributed by atoms with van der Waals surface area (Å²) in [5.41, 5.74) is 0. The van der Waals surface area contributed by atoms with E-state index in [1.165, 1.54) is 6.42 Å². The van der Waals surface area contributed by atoms with Gasteiger partial charge in [0.1, 0.15) is 0 Å². The van der Waals surface area contributed by atoms with Gasteiger partial charge in [-0.1, -0.05) is 13.8 Å². The van der Waals surface area contributed by atoms with E-state index < -0.39 is 0 Å². The van der Waals surface area contributed by atoms with Gasteiger partial charge in [0.05, 0.1) is 6.10 Å². The molecule has 3 atom stereocenters. The zero-order valence-corrected chi connectivity index (χ0v) is 5.59. The Bertz CT molecular complexity index is 70.5. The monoisotopic (exact) mass is 114 g/mol. The fourth-order valence-electron chi connectivity index (χ4n) is 1.34. The Morgan fingerprint density at radius 2 is 1.88 bits per heavy atom. The van der Waals surface area contributed by atoms with E-state index in [4.69, 9.17) is 5.11 Å². The molecule has 0 aromatic rings. The van der Waals surface area contributed by atoms with Crippen molar-refractivity contribution in [2.24, 2.45) is 11.8 Å². The highest BCUT2D eigenvalue weighted by Gasteiger charge is 2.27. The maximum Gasteiger partial charge on any atom is 0.0568 e. The summed E-state index contributed by atoms with van der Waals surface area (Å²) in [6.45, 7) is 4.34. The maximum atomic E-state index is 9.17. The molecule has 1 N–H and O–H groups in total. The van der Waals surface area contributed by atoms with Gasteiger partial charge in [0.2, 0.25) is 0 Å². The molecule has 1 nitrogen and oxygen atoms in total. The van der Waals surface area contributed by atoms with E-state index >= 15 is 0 Å². The van der Waals surface area contributed by atoms with Crippen LogP contribution in [0.3, 0.4) is 0 Å². The van der Waals surface area contributed by atoms with E-state index in [2.05, 4.69) is 13.8 Å². The summed E-state index contributed by atoms with van der Waals surface area (Å²) in [4.78, 5) is 0. The van der Waals surface area contributed by atoms with Gasteiger partial charge in [-0.3, -0.25) is 0 Å². The molecule has 0 spiro atoms. The molecule has 0 saturated heterocycles. The standard InChI is InChI=1S/C7H14O/c1-5-3-4-7(8)6(5)2/h5-8H,3-4H2,1-2H3. The van der Waals surface area contributed by atoms with Crippen molar-refractivity contribution in [1.29, 1.82) is 0 Å². The normalized spacial score (nSPS) is 47.6. The third kappa shape index (κ3) is 0.873. The molecule has 0 aromatic carbocycles. The van der Waals surface area contributed by atoms with Gasteiger partial charge in [0.25, 0.3) is 0 Å². The third-order valence-corrected chi connectivity index (χ3v) is 2.42. The zero-order valence-electron chi connectivity index (χ0n) is 5.59. The molecule has 0 amide bonds. The number of aliphatic hydroxyl groups is 1. The van der Waals surface area contributed by atoms with Crippen LogP contribution in [0, 0.1) is 11.8 Å². The topological polar surface area (TPSA) is 20.2 Å². The third-order valence-electron chi connectivity index (χ3n) is 2.42. The van der Waals surface area contributed by atoms with E-state index in [1.54, 1.807) is 0 Å². The highest BCUT2D eigenvalue weighted by atomic mass is 16.3. The summed E-state index contributed by atoms with van der Waals surface area (Å²) in [5.74, 6) is 1.28. The fourth-order valence-corrected chi connectivity index (χ4v) is 1.34. The van der Waals surface area contributed by atoms with Crippen LogP contribution in [0.15, 0.2) is 0 Å². The lowest BCUT2D eigenvalue weighted by Crippen LogP contribution is -2.12. The number of hydrogen-bond acceptors (Lipinski definition) is 1. The van der Waals surface area contributed by atoms with Gasteiger partial charge >= 0.3 is 0 Å². The molecule has 1 aliphatic carbocycles. The van der Waals surface area contributed by atoms with Crippen molar-refractivity contribution in [1.82, 2.24) is 0 Å². The molecule has 0 bridgehead atoms. The lowest BCUT2D eigenvalue weighted by atomic mass is 10.00. The second kappa shape index (κ2) is 2.06. The largest absolute Gasteiger partial charge is 0.393 e. The van der Waals surface area contributed by atoms with Gasteiger partial charge < -0.3 is 5.11 Å². The van der Waals surface area contributed by atoms with Crippen LogP contribution in [0.2, 0.25) is 0 Å². The predicted molar refractivity (Wildman–Crippen MR) is 33.6 cm³/mol. The van der Waals surface area contributed by atoms with E-state index in [0.717, 1.165) is 12.3 Å². The summed E-state index contributed by atoms with van der Waals surface area (Å²) >= 11 is 0. The first kappa shape index (κ1) is 6.09. The lowest BCUT2D eigenvalue weighted by molar-refractivity contribution is 0.130. The first-order valence-corrected chi connectivity index (χ1v) is 3.40. The Morgan fingerprint density at radius 3 is 2.00 bits per heavy atom. The summed E-state index contributed by atoms with van der Waals surface area (Å²) in [5, 5.41) is 9.17. The van der Waals surface area contributed by atoms with Crippen molar-refractivity contribution in [2.45, 2.75) is 32.8 Å². The van der Waals surface area contributed by atoms with E-state index in [9.17, 15) is 0 Å². The van der Waals surface area contributed by atoms with Crippen LogP contribution in [0.4, 0.5) is 0 Å². The van der Waals surface area contributed by atoms with Gasteiger partial charge in [-0.2, -0.15) is 0 Å². The second-order valence-corrected chi connectivity index (χ2v) is 2.98. The lowest BCUT2D eigenvalue weighted by Gasteiger charge is -2.10. The summed E-state index contributed by atoms with van der Waals surface area (Å²) in [7, 11) is 0. The predicted octanol–water partition coefficient (Wildman–Crippen LogP) is 1.41. The van der Waals surface area contributed by atoms with Crippen molar-refractivity contribution in [3.8, 4) is 0 Å². The highest BCUT2D eigenvalue weighted by molar-refractivity contribution is 4.78. The minimum atomic E-state index is -0.00926. The molecule has 1 saturated carbocycles. The molecule has 0 aromatic heterocycles. The van der Waals surface area contributed by atoms with Crippen LogP contribution >= 0.6 is 0 Å². The quantitative estimate of drug-likeness (QED) is 0.505. The first-order valence-electron chi connectivity index (χ1n) is 3.40. The average Bonchev–Trinajstić information content (AvgIpc) is 1.98. The molecule has 48 valence electrons. The van der Waals surface area contributed by atoms with Crippen LogP contribution in [-0.2, 0) is 0 Å². The minimum absolute atomic E-state index is 0.00926. The molecule has 1 aliphatic rings. The molecule has 1 rings (SSSR count). The molecular formula is C7H14O. The SMILES string of the molecule is CC1CCC(O)C1C. The smallest absolute Gasteiger partial charge is 0.0568 e. The average molecular weight is 114 g/mol. The molecule has 3 unspecified atom stereocenters. The van der Waals surface area contributed by atoms with Crippen molar-refractivity contribution in [3.63, 3.8) is 0 Å². The summed E-state index contributed by atoms with van der Waals surface area (Å²) in [6, 6.07) is 0. The molecule has 0 radical (unpaired) electrons. The van der Waals surface area contributed by atoms with E-state index in [-0.39, 0.29) is 6.10 Å². The Hall–Kier alpha value is -0.0400. The van der Waals surface area contributed by atoms with Crippen LogP contribution in [-0.4, -0.2) is 11.2 Å². The molecule has 1 heteroatoms. The van der Waals surface area contributed by atoms with E-state index in [1.807, 2.05) is 0 Å². The van der Waals surface area contributed by atoms with Crippen molar-refractivity contribution in [2.75, 3.05) is 0 Å². The Morgan fingerprint density at radius 1 is 1.25 bits per heavy atom. The molecule has 0 aliphatic heterocycles. The van der Waals surface area contributed by atoms with Crippen LogP contribution < -0.4 is 0 Å². The molecule has 8 heavy (non-hydrogen) atoms. The van der Waals surface area contributed by atoms with Crippen molar-refractivity contribution >= 4 is 0 Å². The van der Waals surface area contributed by atoms with Gasteiger partial charge in [-0.15, -0.1) is 0 Å². The first-order chi connectivity index (χ1) is 3.72. The maximum absolute atomic E-state index is 9.17. The molecule has 1 fully saturated rings. The van der Waals surface area contributed by atoms with Gasteiger partial charge in [-0.25, -0.2) is 0 Å². The highest BCUT2D eigenvalue weighted by Crippen LogP contribution is 2.30. The van der Waals surface area contributed by atoms with Crippen LogP contribution in [0.5, 0.6) is 0 Å². The summed E-state index contributed by atoms with van der Waals surface area (Å²) in [6.07, 6.45) is 2.22. The summed E-state index contributed by atoms with van der Waals surface area (Å²) < 4.78 is 0. The van der Waals surface area contributed by atoms with Crippen LogP contribution in [0.25, 0.3) is 0 Å². The molecule has 0 heterocycles. The van der Waals surface area contributed by atoms with Crippen molar-refractivity contribution in [3.05, 3.63) is 0 Å². The Kier molecular flexibility index (Phi) is 1.57. The zero-order chi connectivity index (χ0) is 6.15. The molecular weight excluding hydrogens is 100 g/mol. The minimum Gasteiger partial charge on any atom is -0.393 e. The number of aliphatic hydroxyl groups excluding tert-OH is 1. The number of rotatable bonds is 0. The van der Waals surface area contributed by atoms with Gasteiger partial charge in [-0.05, 0) is 24.7 Å². The van der Waals surface area contributed by atoms with Crippen molar-refractivity contribution < 1.29 is 5.11 Å². The Balaban J connectivity index is 2.44. The van der Waals surface area contributed by atoms with Crippen LogP contribution in [0.1, 0.15) is 26.7 Å². The van der Waals surface area contributed by atoms with Gasteiger partial charge in [0, 0.05) is 0 Å². The Labute approximate surface area is 50.7 Å².